The van der Waals surface area contributed by atoms with E-state index in [2.05, 4.69) is 18.6 Å². The summed E-state index contributed by atoms with van der Waals surface area (Å²) < 4.78 is 98.6. The summed E-state index contributed by atoms with van der Waals surface area (Å²) in [6, 6.07) is 0. The Kier molecular flexibility index (Phi) is 7.82. The van der Waals surface area contributed by atoms with Gasteiger partial charge in [0.1, 0.15) is 0 Å². The second-order valence-corrected chi connectivity index (χ2v) is 9.34. The van der Waals surface area contributed by atoms with Crippen LogP contribution >= 0.6 is 0 Å². The van der Waals surface area contributed by atoms with Gasteiger partial charge in [0, 0.05) is 12.8 Å². The van der Waals surface area contributed by atoms with Gasteiger partial charge in [-0.1, -0.05) is 30.8 Å². The summed E-state index contributed by atoms with van der Waals surface area (Å²) in [6.07, 6.45) is 3.95. The molecule has 0 radical (unpaired) electrons. The molecule has 3 fully saturated rings. The summed E-state index contributed by atoms with van der Waals surface area (Å²) in [5.41, 5.74) is -10.3. The van der Waals surface area contributed by atoms with E-state index in [-0.39, 0.29) is 34.8 Å². The normalized spacial score (nSPS) is 29.5. The minimum atomic E-state index is -5.15. The molecule has 2 aliphatic carbocycles. The van der Waals surface area contributed by atoms with Gasteiger partial charge in [-0.2, -0.15) is 26.3 Å². The largest absolute Gasteiger partial charge is 0.499 e. The third-order valence-electron chi connectivity index (χ3n) is 5.15. The van der Waals surface area contributed by atoms with Gasteiger partial charge in [0.15, 0.2) is 0 Å². The molecule has 4 aliphatic rings. The molecule has 0 aromatic carbocycles. The van der Waals surface area contributed by atoms with Crippen molar-refractivity contribution in [3.05, 3.63) is 12.2 Å². The van der Waals surface area contributed by atoms with E-state index in [0.29, 0.717) is 6.42 Å². The number of carbonyl (C=O) groups excluding carboxylic acids is 4. The van der Waals surface area contributed by atoms with Gasteiger partial charge in [0.25, 0.3) is 45.8 Å². The molecule has 4 rings (SSSR count). The standard InChI is InChI=1S/C10H8F3NO5S.C5H4F3NO5S/c11-10(12,13)20(17)19-18-14-8(15)6-4-1-2-5(3-4)7(6)9(14)16;6-5(7,8)15(12)14-13-9-3(10)1-2-4(9)11/h1-2,4-7H,3H2;1-2H2. The minimum absolute atomic E-state index is 0.00361. The Morgan fingerprint density at radius 3 is 1.46 bits per heavy atom. The van der Waals surface area contributed by atoms with Crippen LogP contribution in [-0.4, -0.2) is 53.2 Å². The lowest BCUT2D eigenvalue weighted by Crippen LogP contribution is -2.34. The topological polar surface area (TPSA) is 146 Å². The fraction of sp³-hybridized carbons (Fsp3) is 0.600. The predicted molar refractivity (Wildman–Crippen MR) is 93.4 cm³/mol. The molecule has 20 heteroatoms. The van der Waals surface area contributed by atoms with Crippen LogP contribution in [0.25, 0.3) is 0 Å². The molecule has 2 bridgehead atoms. The van der Waals surface area contributed by atoms with Crippen LogP contribution in [0, 0.1) is 23.7 Å². The lowest BCUT2D eigenvalue weighted by Gasteiger charge is -2.14. The van der Waals surface area contributed by atoms with Crippen LogP contribution in [0.4, 0.5) is 26.3 Å². The zero-order chi connectivity index (χ0) is 26.3. The van der Waals surface area contributed by atoms with E-state index >= 15 is 0 Å². The highest BCUT2D eigenvalue weighted by Gasteiger charge is 2.60. The lowest BCUT2D eigenvalue weighted by atomic mass is 9.85. The number of nitrogens with zero attached hydrogens (tertiary/aromatic N) is 2. The molecule has 196 valence electrons. The van der Waals surface area contributed by atoms with Gasteiger partial charge in [-0.25, -0.2) is 8.42 Å². The Labute approximate surface area is 195 Å². The van der Waals surface area contributed by atoms with Gasteiger partial charge in [-0.3, -0.25) is 19.2 Å². The summed E-state index contributed by atoms with van der Waals surface area (Å²) in [5, 5.41) is 0.148. The molecule has 12 nitrogen and oxygen atoms in total. The Bertz CT molecular complexity index is 956. The first-order valence-electron chi connectivity index (χ1n) is 9.22. The van der Waals surface area contributed by atoms with E-state index in [1.165, 1.54) is 0 Å². The van der Waals surface area contributed by atoms with E-state index in [1.807, 2.05) is 12.2 Å². The monoisotopic (exact) mass is 558 g/mol. The average Bonchev–Trinajstić information content (AvgIpc) is 3.50. The van der Waals surface area contributed by atoms with Gasteiger partial charge in [0.05, 0.1) is 11.8 Å². The molecule has 1 saturated carbocycles. The highest BCUT2D eigenvalue weighted by Crippen LogP contribution is 2.52. The number of carbonyl (C=O) groups is 4. The maximum absolute atomic E-state index is 12.0. The van der Waals surface area contributed by atoms with Gasteiger partial charge in [0.2, 0.25) is 0 Å². The van der Waals surface area contributed by atoms with Crippen molar-refractivity contribution in [2.45, 2.75) is 30.3 Å². The molecule has 2 saturated heterocycles. The van der Waals surface area contributed by atoms with Crippen molar-refractivity contribution in [3.8, 4) is 0 Å². The maximum Gasteiger partial charge on any atom is 0.499 e. The molecule has 0 aromatic rings. The zero-order valence-electron chi connectivity index (χ0n) is 16.6. The number of hydrogen-bond acceptors (Lipinski definition) is 10. The minimum Gasteiger partial charge on any atom is -0.272 e. The van der Waals surface area contributed by atoms with E-state index in [9.17, 15) is 53.9 Å². The fourth-order valence-corrected chi connectivity index (χ4v) is 4.17. The second kappa shape index (κ2) is 10.0. The van der Waals surface area contributed by atoms with Crippen LogP contribution in [0.1, 0.15) is 19.3 Å². The Balaban J connectivity index is 0.000000205. The molecule has 4 amide bonds. The van der Waals surface area contributed by atoms with Crippen LogP contribution in [0.3, 0.4) is 0 Å². The number of hydroxylamine groups is 4. The third kappa shape index (κ3) is 5.77. The number of rotatable bonds is 6. The number of hydrogen-bond donors (Lipinski definition) is 0. The predicted octanol–water partition coefficient (Wildman–Crippen LogP) is 1.02. The summed E-state index contributed by atoms with van der Waals surface area (Å²) >= 11 is -7.49. The summed E-state index contributed by atoms with van der Waals surface area (Å²) in [4.78, 5) is 53.2. The van der Waals surface area contributed by atoms with Crippen molar-refractivity contribution in [1.82, 2.24) is 10.1 Å². The van der Waals surface area contributed by atoms with E-state index in [0.717, 1.165) is 0 Å². The quantitative estimate of drug-likeness (QED) is 0.152. The number of alkyl halides is 6. The van der Waals surface area contributed by atoms with Crippen LogP contribution in [0.2, 0.25) is 0 Å². The van der Waals surface area contributed by atoms with Crippen LogP contribution < -0.4 is 0 Å². The number of fused-ring (bicyclic) bond motifs is 5. The SMILES string of the molecule is O=C1C2C3C=CC(C3)C2C(=O)N1OOS(=O)C(F)(F)F.O=C1CCC(=O)N1OOS(=O)C(F)(F)F. The lowest BCUT2D eigenvalue weighted by molar-refractivity contribution is -0.332. The van der Waals surface area contributed by atoms with Crippen LogP contribution in [-0.2, 0) is 60.0 Å². The molecule has 0 N–H and O–H groups in total. The fourth-order valence-electron chi connectivity index (χ4n) is 3.78. The van der Waals surface area contributed by atoms with Crippen molar-refractivity contribution in [3.63, 3.8) is 0 Å². The molecular formula is C15H12F6N2O10S2. The van der Waals surface area contributed by atoms with E-state index < -0.39 is 68.6 Å². The molecule has 0 aromatic heterocycles. The highest BCUT2D eigenvalue weighted by atomic mass is 32.2. The van der Waals surface area contributed by atoms with Crippen molar-refractivity contribution >= 4 is 45.8 Å². The van der Waals surface area contributed by atoms with Crippen molar-refractivity contribution in [2.75, 3.05) is 0 Å². The molecule has 35 heavy (non-hydrogen) atoms. The Morgan fingerprint density at radius 2 is 1.09 bits per heavy atom. The van der Waals surface area contributed by atoms with Crippen molar-refractivity contribution < 1.29 is 72.6 Å². The van der Waals surface area contributed by atoms with Crippen molar-refractivity contribution in [2.24, 2.45) is 23.7 Å². The van der Waals surface area contributed by atoms with Gasteiger partial charge in [-0.05, 0) is 18.3 Å². The van der Waals surface area contributed by atoms with Gasteiger partial charge < -0.3 is 0 Å². The van der Waals surface area contributed by atoms with Crippen LogP contribution in [0.5, 0.6) is 0 Å². The zero-order valence-corrected chi connectivity index (χ0v) is 18.3. The summed E-state index contributed by atoms with van der Waals surface area (Å²) in [5.74, 6) is -4.67. The average molecular weight is 558 g/mol. The maximum atomic E-state index is 12.0. The number of allylic oxidation sites excluding steroid dienone is 2. The first kappa shape index (κ1) is 27.3. The van der Waals surface area contributed by atoms with E-state index in [1.54, 1.807) is 0 Å². The number of amides is 4. The molecular weight excluding hydrogens is 546 g/mol. The molecule has 6 unspecified atom stereocenters. The molecule has 0 spiro atoms. The molecule has 2 heterocycles. The number of imide groups is 2. The van der Waals surface area contributed by atoms with Gasteiger partial charge >= 0.3 is 11.0 Å². The first-order chi connectivity index (χ1) is 16.1. The number of halogens is 6. The third-order valence-corrected chi connectivity index (χ3v) is 6.27. The molecule has 6 atom stereocenters. The first-order valence-corrected chi connectivity index (χ1v) is 11.4. The Hall–Kier alpha value is -2.26. The highest BCUT2D eigenvalue weighted by molar-refractivity contribution is 7.81. The smallest absolute Gasteiger partial charge is 0.272 e. The molecule has 2 aliphatic heterocycles. The second-order valence-electron chi connectivity index (χ2n) is 7.20. The Morgan fingerprint density at radius 1 is 0.714 bits per heavy atom. The van der Waals surface area contributed by atoms with Crippen molar-refractivity contribution in [1.29, 1.82) is 0 Å². The van der Waals surface area contributed by atoms with E-state index in [4.69, 9.17) is 0 Å². The van der Waals surface area contributed by atoms with Crippen LogP contribution in [0.15, 0.2) is 12.2 Å². The summed E-state index contributed by atoms with van der Waals surface area (Å²) in [7, 11) is 0. The summed E-state index contributed by atoms with van der Waals surface area (Å²) in [6.45, 7) is 0. The van der Waals surface area contributed by atoms with Gasteiger partial charge in [-0.15, -0.1) is 10.1 Å².